The maximum atomic E-state index is 11.0. The number of anilines is 2. The number of nitro groups is 1. The Kier molecular flexibility index (Phi) is 4.59. The quantitative estimate of drug-likeness (QED) is 0.307. The summed E-state index contributed by atoms with van der Waals surface area (Å²) >= 11 is 5.06. The molecule has 0 bridgehead atoms. The third kappa shape index (κ3) is 3.41. The average molecular weight is 441 g/mol. The van der Waals surface area contributed by atoms with Crippen molar-refractivity contribution in [2.75, 3.05) is 5.32 Å². The summed E-state index contributed by atoms with van der Waals surface area (Å²) in [6, 6.07) is 14.5. The number of aryl methyl sites for hydroxylation is 1. The second-order valence-electron chi connectivity index (χ2n) is 5.88. The SMILES string of the molecule is Cc1sc2ncnc(Nc3cccc([N+](=O)[O-])c3)c2c1-c1ccc(Br)cc1. The van der Waals surface area contributed by atoms with Gasteiger partial charge in [0.1, 0.15) is 17.0 Å². The summed E-state index contributed by atoms with van der Waals surface area (Å²) < 4.78 is 1.01. The number of nitrogens with zero attached hydrogens (tertiary/aromatic N) is 3. The third-order valence-corrected chi connectivity index (χ3v) is 5.66. The van der Waals surface area contributed by atoms with Crippen molar-refractivity contribution >= 4 is 54.7 Å². The predicted molar refractivity (Wildman–Crippen MR) is 112 cm³/mol. The largest absolute Gasteiger partial charge is 0.339 e. The van der Waals surface area contributed by atoms with E-state index in [4.69, 9.17) is 0 Å². The van der Waals surface area contributed by atoms with Gasteiger partial charge < -0.3 is 5.32 Å². The first kappa shape index (κ1) is 17.6. The van der Waals surface area contributed by atoms with Crippen molar-refractivity contribution < 1.29 is 4.92 Å². The molecule has 1 N–H and O–H groups in total. The van der Waals surface area contributed by atoms with Gasteiger partial charge in [-0.25, -0.2) is 9.97 Å². The van der Waals surface area contributed by atoms with Gasteiger partial charge in [-0.2, -0.15) is 0 Å². The van der Waals surface area contributed by atoms with Crippen LogP contribution in [0.15, 0.2) is 59.3 Å². The fourth-order valence-electron chi connectivity index (χ4n) is 2.94. The van der Waals surface area contributed by atoms with Gasteiger partial charge in [0.25, 0.3) is 5.69 Å². The number of aromatic nitrogens is 2. The zero-order valence-corrected chi connectivity index (χ0v) is 16.5. The van der Waals surface area contributed by atoms with Gasteiger partial charge in [0.15, 0.2) is 0 Å². The molecular weight excluding hydrogens is 428 g/mol. The molecule has 8 heteroatoms. The first-order valence-electron chi connectivity index (χ1n) is 8.04. The monoisotopic (exact) mass is 440 g/mol. The first-order valence-corrected chi connectivity index (χ1v) is 9.65. The zero-order chi connectivity index (χ0) is 19.0. The Morgan fingerprint density at radius 2 is 1.93 bits per heavy atom. The van der Waals surface area contributed by atoms with Crippen LogP contribution in [0.1, 0.15) is 4.88 Å². The van der Waals surface area contributed by atoms with Gasteiger partial charge in [0.2, 0.25) is 0 Å². The van der Waals surface area contributed by atoms with Crippen LogP contribution < -0.4 is 5.32 Å². The predicted octanol–water partition coefficient (Wildman–Crippen LogP) is 6.08. The van der Waals surface area contributed by atoms with E-state index in [1.54, 1.807) is 23.5 Å². The van der Waals surface area contributed by atoms with E-state index in [1.807, 2.05) is 24.3 Å². The molecule has 134 valence electrons. The second-order valence-corrected chi connectivity index (χ2v) is 7.99. The highest BCUT2D eigenvalue weighted by Crippen LogP contribution is 2.41. The van der Waals surface area contributed by atoms with Crippen molar-refractivity contribution in [3.8, 4) is 11.1 Å². The van der Waals surface area contributed by atoms with Crippen LogP contribution in [0.25, 0.3) is 21.3 Å². The molecule has 0 fully saturated rings. The van der Waals surface area contributed by atoms with Crippen molar-refractivity contribution in [3.63, 3.8) is 0 Å². The van der Waals surface area contributed by atoms with E-state index in [2.05, 4.69) is 38.1 Å². The Bertz CT molecular complexity index is 1160. The van der Waals surface area contributed by atoms with Crippen LogP contribution in [0.4, 0.5) is 17.2 Å². The number of non-ortho nitro benzene ring substituents is 1. The molecule has 0 atom stereocenters. The van der Waals surface area contributed by atoms with Gasteiger partial charge in [0, 0.05) is 32.7 Å². The number of hydrogen-bond donors (Lipinski definition) is 1. The topological polar surface area (TPSA) is 81.0 Å². The highest BCUT2D eigenvalue weighted by Gasteiger charge is 2.17. The molecule has 0 saturated heterocycles. The minimum Gasteiger partial charge on any atom is -0.339 e. The van der Waals surface area contributed by atoms with Crippen LogP contribution in [0.3, 0.4) is 0 Å². The van der Waals surface area contributed by atoms with Gasteiger partial charge in [-0.3, -0.25) is 10.1 Å². The Morgan fingerprint density at radius 1 is 1.15 bits per heavy atom. The fourth-order valence-corrected chi connectivity index (χ4v) is 4.21. The summed E-state index contributed by atoms with van der Waals surface area (Å²) in [5.74, 6) is 0.628. The average Bonchev–Trinajstić information content (AvgIpc) is 2.99. The number of rotatable bonds is 4. The highest BCUT2D eigenvalue weighted by molar-refractivity contribution is 9.10. The van der Waals surface area contributed by atoms with Crippen molar-refractivity contribution in [2.24, 2.45) is 0 Å². The smallest absolute Gasteiger partial charge is 0.271 e. The minimum atomic E-state index is -0.414. The van der Waals surface area contributed by atoms with E-state index < -0.39 is 4.92 Å². The molecule has 27 heavy (non-hydrogen) atoms. The minimum absolute atomic E-state index is 0.0277. The summed E-state index contributed by atoms with van der Waals surface area (Å²) in [5.41, 5.74) is 2.77. The Hall–Kier alpha value is -2.84. The molecule has 0 spiro atoms. The molecule has 4 rings (SSSR count). The van der Waals surface area contributed by atoms with Crippen LogP contribution in [0.5, 0.6) is 0 Å². The normalized spacial score (nSPS) is 10.9. The van der Waals surface area contributed by atoms with Crippen molar-refractivity contribution in [1.82, 2.24) is 9.97 Å². The van der Waals surface area contributed by atoms with Crippen LogP contribution in [0, 0.1) is 17.0 Å². The van der Waals surface area contributed by atoms with E-state index in [0.717, 1.165) is 30.7 Å². The molecule has 0 saturated carbocycles. The number of benzene rings is 2. The third-order valence-electron chi connectivity index (χ3n) is 4.12. The standard InChI is InChI=1S/C19H13BrN4O2S/c1-11-16(12-5-7-13(20)8-6-12)17-18(21-10-22-19(17)27-11)23-14-3-2-4-15(9-14)24(25)26/h2-10H,1H3,(H,21,22,23). The summed E-state index contributed by atoms with van der Waals surface area (Å²) in [6.45, 7) is 2.06. The van der Waals surface area contributed by atoms with Gasteiger partial charge in [-0.05, 0) is 30.7 Å². The first-order chi connectivity index (χ1) is 13.0. The lowest BCUT2D eigenvalue weighted by Gasteiger charge is -2.09. The molecule has 0 radical (unpaired) electrons. The number of nitrogens with one attached hydrogen (secondary N) is 1. The molecule has 2 aromatic heterocycles. The van der Waals surface area contributed by atoms with Gasteiger partial charge in [-0.1, -0.05) is 34.1 Å². The van der Waals surface area contributed by atoms with Gasteiger partial charge >= 0.3 is 0 Å². The molecule has 6 nitrogen and oxygen atoms in total. The molecule has 2 aromatic carbocycles. The lowest BCUT2D eigenvalue weighted by Crippen LogP contribution is -1.97. The molecular formula is C19H13BrN4O2S. The second kappa shape index (κ2) is 7.05. The van der Waals surface area contributed by atoms with Crippen LogP contribution >= 0.6 is 27.3 Å². The summed E-state index contributed by atoms with van der Waals surface area (Å²) in [5, 5.41) is 15.2. The van der Waals surface area contributed by atoms with E-state index in [1.165, 1.54) is 18.5 Å². The molecule has 2 heterocycles. The molecule has 0 amide bonds. The fraction of sp³-hybridized carbons (Fsp3) is 0.0526. The molecule has 0 aliphatic carbocycles. The van der Waals surface area contributed by atoms with E-state index >= 15 is 0 Å². The lowest BCUT2D eigenvalue weighted by molar-refractivity contribution is -0.384. The lowest BCUT2D eigenvalue weighted by atomic mass is 10.0. The van der Waals surface area contributed by atoms with Crippen molar-refractivity contribution in [2.45, 2.75) is 6.92 Å². The molecule has 0 aliphatic rings. The maximum Gasteiger partial charge on any atom is 0.271 e. The number of nitro benzene ring substituents is 1. The number of hydrogen-bond acceptors (Lipinski definition) is 6. The molecule has 0 aliphatic heterocycles. The van der Waals surface area contributed by atoms with Gasteiger partial charge in [0.05, 0.1) is 10.3 Å². The Morgan fingerprint density at radius 3 is 2.67 bits per heavy atom. The molecule has 4 aromatic rings. The van der Waals surface area contributed by atoms with E-state index in [-0.39, 0.29) is 5.69 Å². The maximum absolute atomic E-state index is 11.0. The van der Waals surface area contributed by atoms with Crippen LogP contribution in [0.2, 0.25) is 0 Å². The summed E-state index contributed by atoms with van der Waals surface area (Å²) in [6.07, 6.45) is 1.50. The molecule has 0 unspecified atom stereocenters. The zero-order valence-electron chi connectivity index (χ0n) is 14.1. The van der Waals surface area contributed by atoms with E-state index in [0.29, 0.717) is 11.5 Å². The highest BCUT2D eigenvalue weighted by atomic mass is 79.9. The van der Waals surface area contributed by atoms with Gasteiger partial charge in [-0.15, -0.1) is 11.3 Å². The van der Waals surface area contributed by atoms with Crippen molar-refractivity contribution in [1.29, 1.82) is 0 Å². The summed E-state index contributed by atoms with van der Waals surface area (Å²) in [7, 11) is 0. The number of thiophene rings is 1. The Labute approximate surface area is 167 Å². The number of fused-ring (bicyclic) bond motifs is 1. The van der Waals surface area contributed by atoms with E-state index in [9.17, 15) is 10.1 Å². The number of halogens is 1. The van der Waals surface area contributed by atoms with Crippen molar-refractivity contribution in [3.05, 3.63) is 74.3 Å². The van der Waals surface area contributed by atoms with Crippen LogP contribution in [-0.4, -0.2) is 14.9 Å². The summed E-state index contributed by atoms with van der Waals surface area (Å²) in [4.78, 5) is 21.4. The Balaban J connectivity index is 1.85. The van der Waals surface area contributed by atoms with Crippen LogP contribution in [-0.2, 0) is 0 Å².